The van der Waals surface area contributed by atoms with Gasteiger partial charge in [0.05, 0.1) is 5.60 Å². The molecule has 0 saturated heterocycles. The standard InChI is InChI=1S/C11H16N2O3S/c1-11(16,7-17-2)6-13-10(15)8-5-12-4-3-9(8)14/h3-5,16H,6-7H2,1-2H3,(H,12,14)(H,13,15). The fraction of sp³-hybridized carbons (Fsp3) is 0.455. The predicted molar refractivity (Wildman–Crippen MR) is 68.4 cm³/mol. The number of pyridine rings is 1. The van der Waals surface area contributed by atoms with Crippen LogP contribution in [0.15, 0.2) is 23.3 Å². The van der Waals surface area contributed by atoms with Crippen LogP contribution in [-0.2, 0) is 0 Å². The number of hydrogen-bond donors (Lipinski definition) is 3. The second-order valence-electron chi connectivity index (χ2n) is 4.03. The number of nitrogens with one attached hydrogen (secondary N) is 2. The number of carbonyl (C=O) groups excluding carboxylic acids is 1. The van der Waals surface area contributed by atoms with Crippen molar-refractivity contribution in [2.24, 2.45) is 0 Å². The third-order valence-corrected chi connectivity index (χ3v) is 3.06. The van der Waals surface area contributed by atoms with Crippen LogP contribution in [0.3, 0.4) is 0 Å². The Morgan fingerprint density at radius 3 is 2.94 bits per heavy atom. The van der Waals surface area contributed by atoms with E-state index in [1.165, 1.54) is 30.2 Å². The van der Waals surface area contributed by atoms with Crippen molar-refractivity contribution in [3.8, 4) is 0 Å². The van der Waals surface area contributed by atoms with Gasteiger partial charge in [-0.1, -0.05) is 0 Å². The third-order valence-electron chi connectivity index (χ3n) is 2.15. The molecular formula is C11H16N2O3S. The second kappa shape index (κ2) is 5.88. The molecule has 17 heavy (non-hydrogen) atoms. The summed E-state index contributed by atoms with van der Waals surface area (Å²) in [5.74, 6) is 0.0338. The van der Waals surface area contributed by atoms with Gasteiger partial charge in [-0.05, 0) is 13.2 Å². The zero-order valence-electron chi connectivity index (χ0n) is 9.82. The number of H-pyrrole nitrogens is 1. The quantitative estimate of drug-likeness (QED) is 0.704. The maximum absolute atomic E-state index is 11.7. The lowest BCUT2D eigenvalue weighted by Crippen LogP contribution is -2.43. The molecule has 0 aliphatic rings. The van der Waals surface area contributed by atoms with Crippen molar-refractivity contribution < 1.29 is 9.90 Å². The molecule has 0 bridgehead atoms. The molecule has 0 aromatic carbocycles. The first-order valence-corrected chi connectivity index (χ1v) is 6.52. The normalized spacial score (nSPS) is 14.1. The summed E-state index contributed by atoms with van der Waals surface area (Å²) in [6.45, 7) is 1.75. The molecule has 1 unspecified atom stereocenters. The summed E-state index contributed by atoms with van der Waals surface area (Å²) >= 11 is 1.49. The summed E-state index contributed by atoms with van der Waals surface area (Å²) in [6.07, 6.45) is 4.68. The fourth-order valence-corrected chi connectivity index (χ4v) is 2.05. The van der Waals surface area contributed by atoms with Crippen LogP contribution in [0, 0.1) is 0 Å². The molecule has 94 valence electrons. The molecular weight excluding hydrogens is 240 g/mol. The van der Waals surface area contributed by atoms with Crippen molar-refractivity contribution >= 4 is 17.7 Å². The van der Waals surface area contributed by atoms with Gasteiger partial charge in [0.25, 0.3) is 5.91 Å². The maximum atomic E-state index is 11.7. The molecule has 1 aromatic rings. The van der Waals surface area contributed by atoms with E-state index in [1.54, 1.807) is 6.92 Å². The van der Waals surface area contributed by atoms with Crippen LogP contribution in [0.4, 0.5) is 0 Å². The monoisotopic (exact) mass is 256 g/mol. The molecule has 0 spiro atoms. The van der Waals surface area contributed by atoms with Crippen molar-refractivity contribution in [1.82, 2.24) is 10.3 Å². The highest BCUT2D eigenvalue weighted by Gasteiger charge is 2.21. The van der Waals surface area contributed by atoms with E-state index in [0.29, 0.717) is 5.75 Å². The first-order valence-electron chi connectivity index (χ1n) is 5.13. The highest BCUT2D eigenvalue weighted by Crippen LogP contribution is 2.09. The Morgan fingerprint density at radius 2 is 2.35 bits per heavy atom. The van der Waals surface area contributed by atoms with Crippen LogP contribution in [0.2, 0.25) is 0 Å². The molecule has 1 amide bonds. The molecule has 5 nitrogen and oxygen atoms in total. The number of aliphatic hydroxyl groups is 1. The molecule has 3 N–H and O–H groups in total. The smallest absolute Gasteiger partial charge is 0.256 e. The van der Waals surface area contributed by atoms with Crippen molar-refractivity contribution in [1.29, 1.82) is 0 Å². The number of thioether (sulfide) groups is 1. The summed E-state index contributed by atoms with van der Waals surface area (Å²) < 4.78 is 0. The van der Waals surface area contributed by atoms with E-state index in [-0.39, 0.29) is 17.5 Å². The average Bonchev–Trinajstić information content (AvgIpc) is 2.27. The Labute approximate surface area is 104 Å². The number of carbonyl (C=O) groups is 1. The summed E-state index contributed by atoms with van der Waals surface area (Å²) in [5, 5.41) is 12.4. The molecule has 0 aliphatic heterocycles. The van der Waals surface area contributed by atoms with Crippen molar-refractivity contribution in [2.45, 2.75) is 12.5 Å². The summed E-state index contributed by atoms with van der Waals surface area (Å²) in [5.41, 5.74) is -1.27. The average molecular weight is 256 g/mol. The number of aromatic amines is 1. The Hall–Kier alpha value is -1.27. The van der Waals surface area contributed by atoms with Crippen molar-refractivity contribution in [3.63, 3.8) is 0 Å². The van der Waals surface area contributed by atoms with E-state index >= 15 is 0 Å². The Kier molecular flexibility index (Phi) is 4.77. The molecule has 0 saturated carbocycles. The van der Waals surface area contributed by atoms with Gasteiger partial charge in [0.15, 0.2) is 5.43 Å². The van der Waals surface area contributed by atoms with E-state index in [4.69, 9.17) is 0 Å². The second-order valence-corrected chi connectivity index (χ2v) is 4.90. The molecule has 1 atom stereocenters. The molecule has 0 radical (unpaired) electrons. The lowest BCUT2D eigenvalue weighted by molar-refractivity contribution is 0.0724. The van der Waals surface area contributed by atoms with Gasteiger partial charge in [-0.25, -0.2) is 0 Å². The van der Waals surface area contributed by atoms with Gasteiger partial charge in [-0.15, -0.1) is 0 Å². The van der Waals surface area contributed by atoms with Crippen LogP contribution in [0.25, 0.3) is 0 Å². The van der Waals surface area contributed by atoms with Crippen LogP contribution >= 0.6 is 11.8 Å². The van der Waals surface area contributed by atoms with Crippen molar-refractivity contribution in [2.75, 3.05) is 18.6 Å². The van der Waals surface area contributed by atoms with E-state index in [2.05, 4.69) is 10.3 Å². The largest absolute Gasteiger partial charge is 0.387 e. The van der Waals surface area contributed by atoms with E-state index in [1.807, 2.05) is 6.26 Å². The summed E-state index contributed by atoms with van der Waals surface area (Å²) in [6, 6.07) is 1.29. The minimum Gasteiger partial charge on any atom is -0.387 e. The van der Waals surface area contributed by atoms with Crippen LogP contribution in [0.1, 0.15) is 17.3 Å². The highest BCUT2D eigenvalue weighted by atomic mass is 32.2. The van der Waals surface area contributed by atoms with Gasteiger partial charge in [0, 0.05) is 30.8 Å². The summed E-state index contributed by atoms with van der Waals surface area (Å²) in [7, 11) is 0. The van der Waals surface area contributed by atoms with E-state index in [9.17, 15) is 14.7 Å². The van der Waals surface area contributed by atoms with E-state index < -0.39 is 11.5 Å². The Bertz CT molecular complexity index is 442. The fourth-order valence-electron chi connectivity index (χ4n) is 1.32. The maximum Gasteiger partial charge on any atom is 0.256 e. The van der Waals surface area contributed by atoms with Gasteiger partial charge in [0.2, 0.25) is 0 Å². The lowest BCUT2D eigenvalue weighted by atomic mass is 10.1. The number of hydrogen-bond acceptors (Lipinski definition) is 4. The SMILES string of the molecule is CSCC(C)(O)CNC(=O)c1c[nH]ccc1=O. The lowest BCUT2D eigenvalue weighted by Gasteiger charge is -2.22. The number of aromatic nitrogens is 1. The molecule has 1 heterocycles. The van der Waals surface area contributed by atoms with Crippen LogP contribution in [0.5, 0.6) is 0 Å². The Balaban J connectivity index is 2.63. The van der Waals surface area contributed by atoms with E-state index in [0.717, 1.165) is 0 Å². The summed E-state index contributed by atoms with van der Waals surface area (Å²) in [4.78, 5) is 25.7. The topological polar surface area (TPSA) is 82.2 Å². The Morgan fingerprint density at radius 1 is 1.65 bits per heavy atom. The first-order chi connectivity index (χ1) is 7.96. The molecule has 1 aromatic heterocycles. The van der Waals surface area contributed by atoms with Gasteiger partial charge in [-0.2, -0.15) is 11.8 Å². The number of amides is 1. The first kappa shape index (κ1) is 13.8. The van der Waals surface area contributed by atoms with Gasteiger partial charge >= 0.3 is 0 Å². The highest BCUT2D eigenvalue weighted by molar-refractivity contribution is 7.98. The predicted octanol–water partition coefficient (Wildman–Crippen LogP) is 0.219. The molecule has 1 rings (SSSR count). The molecule has 6 heteroatoms. The zero-order valence-corrected chi connectivity index (χ0v) is 10.6. The minimum absolute atomic E-state index is 0.0486. The van der Waals surface area contributed by atoms with Gasteiger partial charge < -0.3 is 15.4 Å². The number of rotatable bonds is 5. The molecule has 0 aliphatic carbocycles. The third kappa shape index (κ3) is 4.24. The molecule has 0 fully saturated rings. The van der Waals surface area contributed by atoms with Crippen molar-refractivity contribution in [3.05, 3.63) is 34.2 Å². The van der Waals surface area contributed by atoms with Gasteiger partial charge in [-0.3, -0.25) is 9.59 Å². The zero-order chi connectivity index (χ0) is 12.9. The van der Waals surface area contributed by atoms with Crippen LogP contribution in [-0.4, -0.2) is 40.2 Å². The van der Waals surface area contributed by atoms with Crippen LogP contribution < -0.4 is 10.7 Å². The van der Waals surface area contributed by atoms with Gasteiger partial charge in [0.1, 0.15) is 5.56 Å². The minimum atomic E-state index is -0.976.